The smallest absolute Gasteiger partial charge is 0.425 e. The van der Waals surface area contributed by atoms with Crippen molar-refractivity contribution < 1.29 is 45.0 Å². The van der Waals surface area contributed by atoms with Crippen molar-refractivity contribution >= 4 is 5.91 Å². The van der Waals surface area contributed by atoms with E-state index in [2.05, 4.69) is 20.3 Å². The van der Waals surface area contributed by atoms with Crippen LogP contribution in [0.5, 0.6) is 0 Å². The van der Waals surface area contributed by atoms with Crippen molar-refractivity contribution in [3.8, 4) is 0 Å². The van der Waals surface area contributed by atoms with E-state index in [9.17, 15) is 31.1 Å². The second-order valence-electron chi connectivity index (χ2n) is 9.09. The number of hydrogen-bond acceptors (Lipinski definition) is 6. The van der Waals surface area contributed by atoms with E-state index < -0.39 is 30.7 Å². The van der Waals surface area contributed by atoms with Crippen LogP contribution in [0.25, 0.3) is 0 Å². The van der Waals surface area contributed by atoms with E-state index in [1.165, 1.54) is 0 Å². The number of amides is 1. The Morgan fingerprint density at radius 3 is 2.09 bits per heavy atom. The van der Waals surface area contributed by atoms with Crippen LogP contribution in [0.4, 0.5) is 26.3 Å². The summed E-state index contributed by atoms with van der Waals surface area (Å²) in [4.78, 5) is 12.0. The van der Waals surface area contributed by atoms with Gasteiger partial charge < -0.3 is 14.5 Å². The van der Waals surface area contributed by atoms with Crippen molar-refractivity contribution in [3.63, 3.8) is 0 Å². The summed E-state index contributed by atoms with van der Waals surface area (Å²) in [6.07, 6.45) is -7.42. The van der Waals surface area contributed by atoms with E-state index in [0.717, 1.165) is 0 Å². The minimum Gasteiger partial charge on any atom is -0.425 e. The van der Waals surface area contributed by atoms with Crippen molar-refractivity contribution in [1.29, 1.82) is 0 Å². The van der Waals surface area contributed by atoms with Crippen molar-refractivity contribution in [2.24, 2.45) is 5.92 Å². The van der Waals surface area contributed by atoms with Gasteiger partial charge in [-0.3, -0.25) is 9.53 Å². The number of aromatic nitrogens is 2. The Morgan fingerprint density at radius 1 is 0.909 bits per heavy atom. The Morgan fingerprint density at radius 2 is 1.52 bits per heavy atom. The van der Waals surface area contributed by atoms with Gasteiger partial charge in [-0.15, -0.1) is 23.4 Å². The maximum absolute atomic E-state index is 12.5. The Balaban J connectivity index is 1.13. The third-order valence-corrected chi connectivity index (χ3v) is 6.65. The monoisotopic (exact) mass is 485 g/mol. The summed E-state index contributed by atoms with van der Waals surface area (Å²) < 4.78 is 89.0. The van der Waals surface area contributed by atoms with Gasteiger partial charge in [0.1, 0.15) is 6.61 Å². The van der Waals surface area contributed by atoms with Gasteiger partial charge in [0.25, 0.3) is 0 Å². The highest BCUT2D eigenvalue weighted by atomic mass is 19.4. The van der Waals surface area contributed by atoms with E-state index >= 15 is 0 Å². The molecule has 0 bridgehead atoms. The summed E-state index contributed by atoms with van der Waals surface area (Å²) in [7, 11) is 0. The van der Waals surface area contributed by atoms with Crippen LogP contribution in [0.1, 0.15) is 75.0 Å². The molecule has 13 heteroatoms. The number of alkyl halides is 6. The molecular formula is C20H25F6N3O4. The summed E-state index contributed by atoms with van der Waals surface area (Å²) in [5.74, 6) is -1.16. The molecule has 1 amide bonds. The molecule has 1 aromatic rings. The average Bonchev–Trinajstić information content (AvgIpc) is 3.11. The number of carbonyl (C=O) groups excluding carboxylic acids is 1. The molecule has 3 saturated carbocycles. The average molecular weight is 485 g/mol. The molecule has 0 unspecified atom stereocenters. The molecule has 0 spiro atoms. The van der Waals surface area contributed by atoms with Gasteiger partial charge in [-0.25, -0.2) is 0 Å². The Labute approximate surface area is 185 Å². The second-order valence-corrected chi connectivity index (χ2v) is 9.09. The summed E-state index contributed by atoms with van der Waals surface area (Å²) >= 11 is 0. The van der Waals surface area contributed by atoms with Gasteiger partial charge in [0.2, 0.25) is 17.7 Å². The topological polar surface area (TPSA) is 86.5 Å². The third-order valence-electron chi connectivity index (χ3n) is 6.65. The maximum Gasteiger partial charge on any atom is 0.522 e. The summed E-state index contributed by atoms with van der Waals surface area (Å²) in [5.41, 5.74) is 0. The molecule has 186 valence electrons. The fourth-order valence-electron chi connectivity index (χ4n) is 4.55. The van der Waals surface area contributed by atoms with Gasteiger partial charge in [-0.2, -0.15) is 13.2 Å². The first-order valence-corrected chi connectivity index (χ1v) is 11.0. The number of nitrogens with zero attached hydrogens (tertiary/aromatic N) is 2. The van der Waals surface area contributed by atoms with Crippen molar-refractivity contribution in [2.45, 2.75) is 94.0 Å². The van der Waals surface area contributed by atoms with Crippen LogP contribution < -0.4 is 5.32 Å². The highest BCUT2D eigenvalue weighted by molar-refractivity contribution is 5.77. The molecular weight excluding hydrogens is 460 g/mol. The number of nitrogens with one attached hydrogen (secondary N) is 1. The highest BCUT2D eigenvalue weighted by Crippen LogP contribution is 2.43. The molecule has 3 aliphatic rings. The SMILES string of the molecule is O=C(CO[C@H]1C[C@H](C(F)(F)F)C1)N[C@H]1CC[C@H](c2nnc(C3CC(OC(F)(F)F)C3)o2)CC1. The van der Waals surface area contributed by atoms with Crippen molar-refractivity contribution in [2.75, 3.05) is 6.61 Å². The van der Waals surface area contributed by atoms with E-state index in [4.69, 9.17) is 9.15 Å². The molecule has 3 fully saturated rings. The van der Waals surface area contributed by atoms with Gasteiger partial charge in [-0.1, -0.05) is 0 Å². The van der Waals surface area contributed by atoms with E-state index in [1.54, 1.807) is 0 Å². The predicted octanol–water partition coefficient (Wildman–Crippen LogP) is 4.35. The predicted molar refractivity (Wildman–Crippen MR) is 98.9 cm³/mol. The van der Waals surface area contributed by atoms with Gasteiger partial charge in [0.15, 0.2) is 0 Å². The minimum absolute atomic E-state index is 0.00669. The number of carbonyl (C=O) groups is 1. The molecule has 3 aliphatic carbocycles. The fraction of sp³-hybridized carbons (Fsp3) is 0.850. The van der Waals surface area contributed by atoms with Crippen LogP contribution in [0.15, 0.2) is 4.42 Å². The highest BCUT2D eigenvalue weighted by Gasteiger charge is 2.48. The number of halogens is 6. The number of hydrogen-bond donors (Lipinski definition) is 1. The van der Waals surface area contributed by atoms with Crippen LogP contribution in [0, 0.1) is 5.92 Å². The lowest BCUT2D eigenvalue weighted by Crippen LogP contribution is -2.44. The zero-order valence-electron chi connectivity index (χ0n) is 17.6. The van der Waals surface area contributed by atoms with Crippen molar-refractivity contribution in [3.05, 3.63) is 11.8 Å². The lowest BCUT2D eigenvalue weighted by Gasteiger charge is -2.36. The summed E-state index contributed by atoms with van der Waals surface area (Å²) in [6.45, 7) is -0.261. The van der Waals surface area contributed by atoms with Crippen molar-refractivity contribution in [1.82, 2.24) is 15.5 Å². The molecule has 1 N–H and O–H groups in total. The molecule has 0 radical (unpaired) electrons. The molecule has 1 aromatic heterocycles. The van der Waals surface area contributed by atoms with E-state index in [-0.39, 0.29) is 56.1 Å². The van der Waals surface area contributed by atoms with Crippen LogP contribution in [-0.4, -0.2) is 53.5 Å². The molecule has 1 heterocycles. The molecule has 0 aromatic carbocycles. The Bertz CT molecular complexity index is 809. The number of rotatable bonds is 7. The molecule has 4 rings (SSSR count). The number of ether oxygens (including phenoxy) is 2. The molecule has 0 saturated heterocycles. The molecule has 7 nitrogen and oxygen atoms in total. The first kappa shape index (κ1) is 24.2. The quantitative estimate of drug-likeness (QED) is 0.578. The zero-order chi connectivity index (χ0) is 23.8. The van der Waals surface area contributed by atoms with E-state index in [1.807, 2.05) is 0 Å². The standard InChI is InChI=1S/C20H25F6N3O4/c21-19(22,23)12-7-14(8-12)31-9-16(30)27-13-3-1-10(2-4-13)17-28-29-18(32-17)11-5-15(6-11)33-20(24,25)26/h10-15H,1-9H2,(H,27,30)/t10-,11?,12-,13-,14-,15?. The second kappa shape index (κ2) is 9.40. The van der Waals surface area contributed by atoms with Crippen LogP contribution in [0.3, 0.4) is 0 Å². The Hall–Kier alpha value is -1.89. The van der Waals surface area contributed by atoms with Crippen LogP contribution in [-0.2, 0) is 14.3 Å². The molecule has 33 heavy (non-hydrogen) atoms. The third kappa shape index (κ3) is 6.37. The van der Waals surface area contributed by atoms with Gasteiger partial charge in [-0.05, 0) is 51.4 Å². The minimum atomic E-state index is -4.65. The fourth-order valence-corrected chi connectivity index (χ4v) is 4.55. The van der Waals surface area contributed by atoms with Gasteiger partial charge in [0, 0.05) is 17.9 Å². The van der Waals surface area contributed by atoms with Crippen LogP contribution >= 0.6 is 0 Å². The summed E-state index contributed by atoms with van der Waals surface area (Å²) in [6, 6.07) is -0.0732. The van der Waals surface area contributed by atoms with Gasteiger partial charge >= 0.3 is 12.5 Å². The largest absolute Gasteiger partial charge is 0.522 e. The Kier molecular flexibility index (Phi) is 6.90. The first-order chi connectivity index (χ1) is 15.5. The van der Waals surface area contributed by atoms with E-state index in [0.29, 0.717) is 37.5 Å². The molecule has 0 aliphatic heterocycles. The molecule has 0 atom stereocenters. The first-order valence-electron chi connectivity index (χ1n) is 11.0. The lowest BCUT2D eigenvalue weighted by molar-refractivity contribution is -0.352. The summed E-state index contributed by atoms with van der Waals surface area (Å²) in [5, 5.41) is 10.9. The van der Waals surface area contributed by atoms with Crippen LogP contribution in [0.2, 0.25) is 0 Å². The maximum atomic E-state index is 12.5. The van der Waals surface area contributed by atoms with Gasteiger partial charge in [0.05, 0.1) is 18.1 Å². The lowest BCUT2D eigenvalue weighted by atomic mass is 9.82. The zero-order valence-corrected chi connectivity index (χ0v) is 17.6. The normalized spacial score (nSPS) is 32.7.